The summed E-state index contributed by atoms with van der Waals surface area (Å²) in [6.45, 7) is 0. The summed E-state index contributed by atoms with van der Waals surface area (Å²) in [6.07, 6.45) is -3.76. The van der Waals surface area contributed by atoms with E-state index in [2.05, 4.69) is 15.2 Å². The van der Waals surface area contributed by atoms with Crippen molar-refractivity contribution < 1.29 is 18.3 Å². The van der Waals surface area contributed by atoms with Crippen LogP contribution in [0.2, 0.25) is 0 Å². The van der Waals surface area contributed by atoms with Gasteiger partial charge in [0.15, 0.2) is 11.5 Å². The Morgan fingerprint density at radius 2 is 1.83 bits per heavy atom. The van der Waals surface area contributed by atoms with E-state index >= 15 is 0 Å². The standard InChI is InChI=1S/C15H11F3N4O/c1-22-11-5-3-2-4-10(11)13(14(22)23)21-20-12-7-6-9(8-19-12)15(16,17)18/h2-8,23H,1H3. The van der Waals surface area contributed by atoms with E-state index in [0.29, 0.717) is 11.6 Å². The number of aromatic hydroxyl groups is 1. The molecule has 1 aromatic carbocycles. The highest BCUT2D eigenvalue weighted by molar-refractivity contribution is 5.94. The van der Waals surface area contributed by atoms with Gasteiger partial charge in [-0.1, -0.05) is 18.2 Å². The van der Waals surface area contributed by atoms with Crippen molar-refractivity contribution in [3.05, 3.63) is 48.2 Å². The SMILES string of the molecule is Cn1c(O)c(N=Nc2ccc(C(F)(F)F)cn2)c2ccccc21. The molecule has 8 heteroatoms. The molecule has 0 aliphatic heterocycles. The Hall–Kier alpha value is -2.90. The minimum Gasteiger partial charge on any atom is -0.493 e. The largest absolute Gasteiger partial charge is 0.493 e. The highest BCUT2D eigenvalue weighted by Gasteiger charge is 2.30. The van der Waals surface area contributed by atoms with Crippen LogP contribution in [0.1, 0.15) is 5.56 Å². The van der Waals surface area contributed by atoms with Crippen LogP contribution < -0.4 is 0 Å². The van der Waals surface area contributed by atoms with Crippen molar-refractivity contribution >= 4 is 22.4 Å². The number of halogens is 3. The molecule has 0 unspecified atom stereocenters. The second-order valence-corrected chi connectivity index (χ2v) is 4.85. The molecule has 5 nitrogen and oxygen atoms in total. The fourth-order valence-electron chi connectivity index (χ4n) is 2.17. The molecular formula is C15H11F3N4O. The summed E-state index contributed by atoms with van der Waals surface area (Å²) in [5.74, 6) is -0.0628. The van der Waals surface area contributed by atoms with Gasteiger partial charge in [0.2, 0.25) is 5.88 Å². The number of benzene rings is 1. The van der Waals surface area contributed by atoms with E-state index in [1.807, 2.05) is 12.1 Å². The van der Waals surface area contributed by atoms with Crippen LogP contribution in [0.3, 0.4) is 0 Å². The second-order valence-electron chi connectivity index (χ2n) is 4.85. The summed E-state index contributed by atoms with van der Waals surface area (Å²) < 4.78 is 39.0. The summed E-state index contributed by atoms with van der Waals surface area (Å²) in [5.41, 5.74) is 0.147. The number of aromatic nitrogens is 2. The Balaban J connectivity index is 1.96. The summed E-state index contributed by atoms with van der Waals surface area (Å²) >= 11 is 0. The van der Waals surface area contributed by atoms with Crippen molar-refractivity contribution in [1.29, 1.82) is 0 Å². The topological polar surface area (TPSA) is 62.8 Å². The first-order chi connectivity index (χ1) is 10.9. The number of rotatable bonds is 2. The molecule has 0 saturated carbocycles. The number of aryl methyl sites for hydroxylation is 1. The number of nitrogens with zero attached hydrogens (tertiary/aromatic N) is 4. The Bertz CT molecular complexity index is 882. The first kappa shape index (κ1) is 15.0. The molecule has 0 aliphatic rings. The van der Waals surface area contributed by atoms with Gasteiger partial charge in [-0.15, -0.1) is 10.2 Å². The van der Waals surface area contributed by atoms with Crippen molar-refractivity contribution in [3.8, 4) is 5.88 Å². The van der Waals surface area contributed by atoms with E-state index in [1.165, 1.54) is 0 Å². The van der Waals surface area contributed by atoms with Gasteiger partial charge in [-0.2, -0.15) is 13.2 Å². The van der Waals surface area contributed by atoms with Gasteiger partial charge in [-0.3, -0.25) is 0 Å². The Labute approximate surface area is 128 Å². The number of pyridine rings is 1. The number of hydrogen-bond acceptors (Lipinski definition) is 4. The molecule has 2 heterocycles. The number of azo groups is 1. The Morgan fingerprint density at radius 1 is 1.09 bits per heavy atom. The van der Waals surface area contributed by atoms with E-state index in [4.69, 9.17) is 0 Å². The average molecular weight is 320 g/mol. The van der Waals surface area contributed by atoms with Crippen molar-refractivity contribution in [2.24, 2.45) is 17.3 Å². The van der Waals surface area contributed by atoms with Crippen LogP contribution in [0.4, 0.5) is 24.7 Å². The molecule has 0 aliphatic carbocycles. The Kier molecular flexibility index (Phi) is 3.51. The van der Waals surface area contributed by atoms with E-state index in [0.717, 1.165) is 17.6 Å². The van der Waals surface area contributed by atoms with Gasteiger partial charge in [-0.05, 0) is 18.2 Å². The Morgan fingerprint density at radius 3 is 2.48 bits per heavy atom. The molecule has 0 bridgehead atoms. The third-order valence-corrected chi connectivity index (χ3v) is 3.38. The minimum atomic E-state index is -4.45. The van der Waals surface area contributed by atoms with Crippen LogP contribution in [-0.4, -0.2) is 14.7 Å². The van der Waals surface area contributed by atoms with Gasteiger partial charge in [0, 0.05) is 18.6 Å². The quantitative estimate of drug-likeness (QED) is 0.695. The maximum Gasteiger partial charge on any atom is 0.417 e. The lowest BCUT2D eigenvalue weighted by Crippen LogP contribution is -2.04. The molecule has 3 rings (SSSR count). The molecule has 0 spiro atoms. The van der Waals surface area contributed by atoms with Gasteiger partial charge < -0.3 is 9.67 Å². The molecule has 23 heavy (non-hydrogen) atoms. The molecule has 0 amide bonds. The molecule has 118 valence electrons. The fourth-order valence-corrected chi connectivity index (χ4v) is 2.17. The minimum absolute atomic E-state index is 0.0188. The van der Waals surface area contributed by atoms with Gasteiger partial charge in [0.1, 0.15) is 0 Å². The lowest BCUT2D eigenvalue weighted by molar-refractivity contribution is -0.137. The maximum absolute atomic E-state index is 12.5. The number of alkyl halides is 3. The van der Waals surface area contributed by atoms with Crippen LogP contribution in [0, 0.1) is 0 Å². The molecule has 0 atom stereocenters. The van der Waals surface area contributed by atoms with Crippen LogP contribution in [0.25, 0.3) is 10.9 Å². The molecule has 0 saturated heterocycles. The van der Waals surface area contributed by atoms with E-state index in [-0.39, 0.29) is 17.4 Å². The van der Waals surface area contributed by atoms with Crippen LogP contribution in [0.15, 0.2) is 52.8 Å². The molecule has 1 N–H and O–H groups in total. The smallest absolute Gasteiger partial charge is 0.417 e. The first-order valence-electron chi connectivity index (χ1n) is 6.59. The summed E-state index contributed by atoms with van der Waals surface area (Å²) in [5, 5.41) is 18.5. The molecule has 0 radical (unpaired) electrons. The summed E-state index contributed by atoms with van der Waals surface area (Å²) in [4.78, 5) is 3.61. The highest BCUT2D eigenvalue weighted by atomic mass is 19.4. The predicted molar refractivity (Wildman–Crippen MR) is 78.0 cm³/mol. The van der Waals surface area contributed by atoms with E-state index in [9.17, 15) is 18.3 Å². The zero-order valence-corrected chi connectivity index (χ0v) is 11.9. The van der Waals surface area contributed by atoms with Crippen molar-refractivity contribution in [1.82, 2.24) is 9.55 Å². The van der Waals surface area contributed by atoms with E-state index in [1.54, 1.807) is 23.7 Å². The number of fused-ring (bicyclic) bond motifs is 1. The zero-order chi connectivity index (χ0) is 16.6. The van der Waals surface area contributed by atoms with Crippen LogP contribution >= 0.6 is 0 Å². The normalized spacial score (nSPS) is 12.3. The molecule has 2 aromatic heterocycles. The molecular weight excluding hydrogens is 309 g/mol. The zero-order valence-electron chi connectivity index (χ0n) is 11.9. The maximum atomic E-state index is 12.5. The monoisotopic (exact) mass is 320 g/mol. The third-order valence-electron chi connectivity index (χ3n) is 3.38. The predicted octanol–water partition coefficient (Wildman–Crippen LogP) is 4.71. The molecule has 0 fully saturated rings. The van der Waals surface area contributed by atoms with Crippen molar-refractivity contribution in [2.75, 3.05) is 0 Å². The van der Waals surface area contributed by atoms with Crippen LogP contribution in [-0.2, 0) is 13.2 Å². The van der Waals surface area contributed by atoms with E-state index < -0.39 is 11.7 Å². The summed E-state index contributed by atoms with van der Waals surface area (Å²) in [7, 11) is 1.67. The average Bonchev–Trinajstić information content (AvgIpc) is 2.77. The highest BCUT2D eigenvalue weighted by Crippen LogP contribution is 2.38. The van der Waals surface area contributed by atoms with Gasteiger partial charge in [0.25, 0.3) is 0 Å². The van der Waals surface area contributed by atoms with Gasteiger partial charge >= 0.3 is 6.18 Å². The number of para-hydroxylation sites is 1. The van der Waals surface area contributed by atoms with Crippen molar-refractivity contribution in [2.45, 2.75) is 6.18 Å². The molecule has 3 aromatic rings. The summed E-state index contributed by atoms with van der Waals surface area (Å²) in [6, 6.07) is 9.18. The lowest BCUT2D eigenvalue weighted by Gasteiger charge is -2.04. The van der Waals surface area contributed by atoms with Crippen molar-refractivity contribution in [3.63, 3.8) is 0 Å². The lowest BCUT2D eigenvalue weighted by atomic mass is 10.2. The third kappa shape index (κ3) is 2.75. The second kappa shape index (κ2) is 5.38. The fraction of sp³-hybridized carbons (Fsp3) is 0.133. The van der Waals surface area contributed by atoms with Gasteiger partial charge in [0.05, 0.1) is 11.1 Å². The number of hydrogen-bond donors (Lipinski definition) is 1. The van der Waals surface area contributed by atoms with Gasteiger partial charge in [-0.25, -0.2) is 4.98 Å². The first-order valence-corrected chi connectivity index (χ1v) is 6.59. The van der Waals surface area contributed by atoms with Crippen LogP contribution in [0.5, 0.6) is 5.88 Å².